The van der Waals surface area contributed by atoms with E-state index in [2.05, 4.69) is 65.1 Å². The maximum atomic E-state index is 4.63. The quantitative estimate of drug-likeness (QED) is 0.228. The van der Waals surface area contributed by atoms with Gasteiger partial charge in [0.1, 0.15) is 4.60 Å². The number of H-pyrrole nitrogens is 2. The summed E-state index contributed by atoms with van der Waals surface area (Å²) in [4.78, 5) is 19.9. The minimum absolute atomic E-state index is 0. The molecule has 153 valence electrons. The first-order valence-electron chi connectivity index (χ1n) is 9.81. The number of fused-ring (bicyclic) bond motifs is 8. The molecule has 4 aromatic rings. The van der Waals surface area contributed by atoms with Crippen LogP contribution in [-0.4, -0.2) is 24.9 Å². The van der Waals surface area contributed by atoms with Gasteiger partial charge in [0.25, 0.3) is 0 Å². The molecule has 0 atom stereocenters. The van der Waals surface area contributed by atoms with Crippen LogP contribution in [0.5, 0.6) is 0 Å². The summed E-state index contributed by atoms with van der Waals surface area (Å²) < 4.78 is 0.884. The number of rotatable bonds is 0. The van der Waals surface area contributed by atoms with Gasteiger partial charge < -0.3 is 9.97 Å². The summed E-state index contributed by atoms with van der Waals surface area (Å²) in [6.45, 7) is 0. The normalized spacial score (nSPS) is 11.4. The Labute approximate surface area is 212 Å². The minimum atomic E-state index is 0. The number of nitrogens with zero attached hydrogens (tertiary/aromatic N) is 3. The van der Waals surface area contributed by atoms with E-state index in [1.165, 1.54) is 0 Å². The monoisotopic (exact) mass is 512 g/mol. The van der Waals surface area contributed by atoms with Crippen molar-refractivity contribution in [3.63, 3.8) is 0 Å². The van der Waals surface area contributed by atoms with Gasteiger partial charge in [0, 0.05) is 54.1 Å². The minimum Gasteiger partial charge on any atom is -0.355 e. The van der Waals surface area contributed by atoms with Crippen molar-refractivity contribution in [2.24, 2.45) is 0 Å². The predicted octanol–water partition coefficient (Wildman–Crippen LogP) is 6.50. The van der Waals surface area contributed by atoms with Gasteiger partial charge in [-0.15, -0.1) is 0 Å². The number of hydrogen-bond acceptors (Lipinski definition) is 3. The number of pyridine rings is 1. The summed E-state index contributed by atoms with van der Waals surface area (Å²) in [5, 5.41) is 0. The second kappa shape index (κ2) is 10.1. The van der Waals surface area contributed by atoms with Crippen LogP contribution in [0.1, 0.15) is 22.8 Å². The fraction of sp³-hybridized carbons (Fsp3) is 0. The molecule has 0 saturated heterocycles. The molecule has 5 nitrogen and oxygen atoms in total. The molecule has 0 aromatic carbocycles. The van der Waals surface area contributed by atoms with Crippen molar-refractivity contribution < 1.29 is 25.8 Å². The van der Waals surface area contributed by atoms with Gasteiger partial charge in [-0.2, -0.15) is 0 Å². The van der Waals surface area contributed by atoms with Gasteiger partial charge in [0.05, 0.1) is 22.8 Å². The SMILES string of the molecule is Brc1ccccn1.C1=Cc2cc3ccc(cc4nc(cc5ccc(cc1n2)[nH]5)C=C4)[nH]3.[Sc]. The molecule has 2 N–H and O–H groups in total. The third kappa shape index (κ3) is 5.66. The molecule has 32 heavy (non-hydrogen) atoms. The van der Waals surface area contributed by atoms with E-state index >= 15 is 0 Å². The predicted molar refractivity (Wildman–Crippen MR) is 131 cm³/mol. The zero-order valence-corrected chi connectivity index (χ0v) is 20.4. The first kappa shape index (κ1) is 22.3. The molecule has 0 aliphatic carbocycles. The topological polar surface area (TPSA) is 70.2 Å². The fourth-order valence-corrected chi connectivity index (χ4v) is 3.56. The first-order valence-corrected chi connectivity index (χ1v) is 10.6. The molecular formula is C25H18BrN5Sc. The number of aromatic amines is 2. The van der Waals surface area contributed by atoms with Gasteiger partial charge in [0.2, 0.25) is 0 Å². The maximum absolute atomic E-state index is 4.63. The van der Waals surface area contributed by atoms with Crippen molar-refractivity contribution in [3.05, 3.63) is 100 Å². The molecule has 6 rings (SSSR count). The Bertz CT molecular complexity index is 1280. The van der Waals surface area contributed by atoms with E-state index in [0.29, 0.717) is 0 Å². The van der Waals surface area contributed by atoms with Crippen molar-refractivity contribution in [3.8, 4) is 0 Å². The van der Waals surface area contributed by atoms with Gasteiger partial charge in [-0.05, 0) is 101 Å². The smallest absolute Gasteiger partial charge is 0.106 e. The van der Waals surface area contributed by atoms with Crippen LogP contribution in [0.25, 0.3) is 46.4 Å². The molecule has 2 aliphatic heterocycles. The summed E-state index contributed by atoms with van der Waals surface area (Å²) >= 11 is 3.20. The second-order valence-electron chi connectivity index (χ2n) is 7.06. The summed E-state index contributed by atoms with van der Waals surface area (Å²) in [7, 11) is 0. The average Bonchev–Trinajstić information content (AvgIpc) is 3.55. The Morgan fingerprint density at radius 1 is 0.562 bits per heavy atom. The molecular weight excluding hydrogens is 495 g/mol. The molecule has 4 aromatic heterocycles. The summed E-state index contributed by atoms with van der Waals surface area (Å²) in [6, 6.07) is 22.1. The number of halogens is 1. The van der Waals surface area contributed by atoms with E-state index < -0.39 is 0 Å². The third-order valence-electron chi connectivity index (χ3n) is 4.67. The van der Waals surface area contributed by atoms with E-state index in [0.717, 1.165) is 49.4 Å². The third-order valence-corrected chi connectivity index (χ3v) is 5.14. The Hall–Kier alpha value is -2.90. The number of aromatic nitrogens is 5. The fourth-order valence-electron chi connectivity index (χ4n) is 3.29. The summed E-state index contributed by atoms with van der Waals surface area (Å²) in [5.74, 6) is 0. The van der Waals surface area contributed by atoms with E-state index in [9.17, 15) is 0 Å². The van der Waals surface area contributed by atoms with Crippen molar-refractivity contribution in [1.29, 1.82) is 0 Å². The van der Waals surface area contributed by atoms with Crippen LogP contribution in [0.15, 0.2) is 77.5 Å². The molecule has 0 amide bonds. The van der Waals surface area contributed by atoms with E-state index in [4.69, 9.17) is 0 Å². The second-order valence-corrected chi connectivity index (χ2v) is 7.87. The van der Waals surface area contributed by atoms with Crippen LogP contribution in [0.3, 0.4) is 0 Å². The Kier molecular flexibility index (Phi) is 7.07. The summed E-state index contributed by atoms with van der Waals surface area (Å²) in [6.07, 6.45) is 9.83. The van der Waals surface area contributed by atoms with Gasteiger partial charge >= 0.3 is 0 Å². The first-order chi connectivity index (χ1) is 15.2. The van der Waals surface area contributed by atoms with Gasteiger partial charge in [0.15, 0.2) is 0 Å². The van der Waals surface area contributed by atoms with Crippen LogP contribution in [-0.2, 0) is 25.8 Å². The van der Waals surface area contributed by atoms with Crippen LogP contribution in [0.4, 0.5) is 0 Å². The summed E-state index contributed by atoms with van der Waals surface area (Å²) in [5.41, 5.74) is 7.86. The maximum Gasteiger partial charge on any atom is 0.106 e. The van der Waals surface area contributed by atoms with Gasteiger partial charge in [-0.1, -0.05) is 6.07 Å². The molecule has 1 radical (unpaired) electrons. The van der Waals surface area contributed by atoms with Crippen LogP contribution >= 0.6 is 15.9 Å². The zero-order chi connectivity index (χ0) is 21.0. The largest absolute Gasteiger partial charge is 0.355 e. The van der Waals surface area contributed by atoms with Crippen molar-refractivity contribution in [2.75, 3.05) is 0 Å². The van der Waals surface area contributed by atoms with E-state index in [1.54, 1.807) is 6.20 Å². The molecule has 7 heteroatoms. The Morgan fingerprint density at radius 3 is 1.25 bits per heavy atom. The number of hydrogen-bond donors (Lipinski definition) is 2. The molecule has 0 spiro atoms. The molecule has 8 bridgehead atoms. The molecule has 0 saturated carbocycles. The van der Waals surface area contributed by atoms with Crippen molar-refractivity contribution >= 4 is 62.3 Å². The van der Waals surface area contributed by atoms with Crippen molar-refractivity contribution in [1.82, 2.24) is 24.9 Å². The van der Waals surface area contributed by atoms with Crippen LogP contribution in [0, 0.1) is 0 Å². The van der Waals surface area contributed by atoms with Gasteiger partial charge in [-0.25, -0.2) is 15.0 Å². The van der Waals surface area contributed by atoms with E-state index in [-0.39, 0.29) is 25.8 Å². The Morgan fingerprint density at radius 2 is 0.969 bits per heavy atom. The molecule has 2 aliphatic rings. The molecule has 6 heterocycles. The van der Waals surface area contributed by atoms with Crippen molar-refractivity contribution in [2.45, 2.75) is 0 Å². The van der Waals surface area contributed by atoms with Crippen LogP contribution in [0.2, 0.25) is 0 Å². The molecule has 0 unspecified atom stereocenters. The van der Waals surface area contributed by atoms with Crippen LogP contribution < -0.4 is 0 Å². The van der Waals surface area contributed by atoms with E-state index in [1.807, 2.05) is 66.8 Å². The standard InChI is InChI=1S/C20H14N4.C5H4BrN.Sc/c1-2-14-10-16-5-6-18(23-16)12-20-8-7-19(24-20)11-17-4-3-15(22-17)9-13(1)21-14;6-5-3-1-2-4-7-5;/h1-12,21,24H;1-4H;. The molecule has 0 fully saturated rings. The average molecular weight is 513 g/mol. The zero-order valence-electron chi connectivity index (χ0n) is 17.0. The Balaban J connectivity index is 0.000000265. The number of nitrogens with one attached hydrogen (secondary N) is 2. The van der Waals surface area contributed by atoms with Gasteiger partial charge in [-0.3, -0.25) is 0 Å².